The van der Waals surface area contributed by atoms with Crippen LogP contribution < -0.4 is 11.4 Å². The van der Waals surface area contributed by atoms with E-state index in [0.29, 0.717) is 17.1 Å². The van der Waals surface area contributed by atoms with Crippen molar-refractivity contribution in [3.8, 4) is 11.8 Å². The monoisotopic (exact) mass is 283 g/mol. The lowest BCUT2D eigenvalue weighted by Gasteiger charge is -2.32. The molecule has 0 atom stereocenters. The molecule has 1 fully saturated rings. The molecule has 0 amide bonds. The van der Waals surface area contributed by atoms with Gasteiger partial charge in [-0.25, -0.2) is 14.5 Å². The molecule has 108 valence electrons. The Kier molecular flexibility index (Phi) is 3.35. The van der Waals surface area contributed by atoms with E-state index < -0.39 is 5.54 Å². The van der Waals surface area contributed by atoms with E-state index in [4.69, 9.17) is 11.0 Å². The molecule has 1 aliphatic rings. The second kappa shape index (κ2) is 5.19. The zero-order chi connectivity index (χ0) is 14.9. The number of hydrogen-bond donors (Lipinski definition) is 2. The molecule has 1 heterocycles. The predicted molar refractivity (Wildman–Crippen MR) is 77.9 cm³/mol. The molecule has 0 saturated heterocycles. The molecule has 1 aromatic carbocycles. The Labute approximate surface area is 122 Å². The number of H-pyrrole nitrogens is 1. The lowest BCUT2D eigenvalue weighted by Crippen LogP contribution is -2.42. The first-order chi connectivity index (χ1) is 10.1. The van der Waals surface area contributed by atoms with Crippen molar-refractivity contribution in [2.45, 2.75) is 37.6 Å². The number of nitrogens with one attached hydrogen (secondary N) is 1. The summed E-state index contributed by atoms with van der Waals surface area (Å²) >= 11 is 0. The summed E-state index contributed by atoms with van der Waals surface area (Å²) in [5, 5.41) is 15.7. The molecule has 21 heavy (non-hydrogen) atoms. The Morgan fingerprint density at radius 3 is 2.81 bits per heavy atom. The molecule has 6 nitrogen and oxygen atoms in total. The van der Waals surface area contributed by atoms with E-state index in [0.717, 1.165) is 32.1 Å². The summed E-state index contributed by atoms with van der Waals surface area (Å²) in [5.41, 5.74) is 6.71. The smallest absolute Gasteiger partial charge is 0.319 e. The second-order valence-electron chi connectivity index (χ2n) is 5.57. The number of benzene rings is 1. The minimum absolute atomic E-state index is 0.324. The van der Waals surface area contributed by atoms with Crippen LogP contribution in [0.4, 0.5) is 0 Å². The summed E-state index contributed by atoms with van der Waals surface area (Å²) in [6.07, 6.45) is 4.87. The van der Waals surface area contributed by atoms with Gasteiger partial charge in [-0.2, -0.15) is 10.4 Å². The first-order valence-corrected chi connectivity index (χ1v) is 7.11. The van der Waals surface area contributed by atoms with Gasteiger partial charge in [0.1, 0.15) is 0 Å². The molecule has 0 aliphatic heterocycles. The molecule has 0 radical (unpaired) electrons. The maximum Gasteiger partial charge on any atom is 0.347 e. The van der Waals surface area contributed by atoms with Crippen molar-refractivity contribution in [2.24, 2.45) is 5.73 Å². The van der Waals surface area contributed by atoms with Gasteiger partial charge in [0.25, 0.3) is 0 Å². The highest BCUT2D eigenvalue weighted by Gasteiger charge is 2.35. The minimum atomic E-state index is -0.583. The number of aromatic amines is 1. The maximum absolute atomic E-state index is 12.1. The number of hydrogen-bond acceptors (Lipinski definition) is 4. The third kappa shape index (κ3) is 2.36. The second-order valence-corrected chi connectivity index (χ2v) is 5.57. The Bertz CT molecular complexity index is 746. The van der Waals surface area contributed by atoms with E-state index in [-0.39, 0.29) is 5.69 Å². The average Bonchev–Trinajstić information content (AvgIpc) is 2.90. The van der Waals surface area contributed by atoms with Crippen LogP contribution in [0.25, 0.3) is 5.69 Å². The van der Waals surface area contributed by atoms with Crippen molar-refractivity contribution in [1.29, 1.82) is 5.26 Å². The van der Waals surface area contributed by atoms with E-state index in [2.05, 4.69) is 16.3 Å². The first kappa shape index (κ1) is 13.6. The summed E-state index contributed by atoms with van der Waals surface area (Å²) in [6, 6.07) is 8.99. The third-order valence-corrected chi connectivity index (χ3v) is 4.10. The summed E-state index contributed by atoms with van der Waals surface area (Å²) in [6.45, 7) is 0. The van der Waals surface area contributed by atoms with E-state index in [1.165, 1.54) is 4.57 Å². The highest BCUT2D eigenvalue weighted by Crippen LogP contribution is 2.33. The van der Waals surface area contributed by atoms with Crippen molar-refractivity contribution in [3.63, 3.8) is 0 Å². The van der Waals surface area contributed by atoms with Gasteiger partial charge in [-0.15, -0.1) is 0 Å². The fourth-order valence-corrected chi connectivity index (χ4v) is 2.99. The van der Waals surface area contributed by atoms with Gasteiger partial charge in [-0.05, 0) is 31.0 Å². The molecule has 1 aromatic heterocycles. The van der Waals surface area contributed by atoms with Crippen LogP contribution in [0.2, 0.25) is 0 Å². The average molecular weight is 283 g/mol. The molecule has 0 bridgehead atoms. The van der Waals surface area contributed by atoms with Gasteiger partial charge in [0.05, 0.1) is 22.9 Å². The van der Waals surface area contributed by atoms with E-state index in [1.54, 1.807) is 24.3 Å². The zero-order valence-electron chi connectivity index (χ0n) is 11.7. The van der Waals surface area contributed by atoms with Gasteiger partial charge in [0.2, 0.25) is 0 Å². The molecule has 3 N–H and O–H groups in total. The van der Waals surface area contributed by atoms with Gasteiger partial charge in [0.15, 0.2) is 5.82 Å². The molecule has 2 aromatic rings. The van der Waals surface area contributed by atoms with Gasteiger partial charge in [-0.1, -0.05) is 25.3 Å². The Hall–Kier alpha value is -2.39. The van der Waals surface area contributed by atoms with Crippen molar-refractivity contribution in [1.82, 2.24) is 14.8 Å². The summed E-state index contributed by atoms with van der Waals surface area (Å²) in [4.78, 5) is 12.1. The fraction of sp³-hybridized carbons (Fsp3) is 0.400. The van der Waals surface area contributed by atoms with Crippen LogP contribution in [-0.2, 0) is 5.54 Å². The molecular weight excluding hydrogens is 266 g/mol. The molecule has 1 saturated carbocycles. The van der Waals surface area contributed by atoms with Gasteiger partial charge < -0.3 is 5.73 Å². The normalized spacial score (nSPS) is 17.3. The maximum atomic E-state index is 12.1. The summed E-state index contributed by atoms with van der Waals surface area (Å²) in [7, 11) is 0. The van der Waals surface area contributed by atoms with Crippen molar-refractivity contribution >= 4 is 0 Å². The Morgan fingerprint density at radius 2 is 2.10 bits per heavy atom. The van der Waals surface area contributed by atoms with Gasteiger partial charge in [0, 0.05) is 0 Å². The van der Waals surface area contributed by atoms with Crippen molar-refractivity contribution in [3.05, 3.63) is 46.1 Å². The topological polar surface area (TPSA) is 100 Å². The van der Waals surface area contributed by atoms with Crippen LogP contribution in [0.1, 0.15) is 43.5 Å². The molecule has 6 heteroatoms. The zero-order valence-corrected chi connectivity index (χ0v) is 11.7. The quantitative estimate of drug-likeness (QED) is 0.873. The molecule has 0 spiro atoms. The minimum Gasteiger partial charge on any atom is -0.319 e. The van der Waals surface area contributed by atoms with Crippen LogP contribution in [0.5, 0.6) is 0 Å². The van der Waals surface area contributed by atoms with Crippen molar-refractivity contribution in [2.75, 3.05) is 0 Å². The van der Waals surface area contributed by atoms with Gasteiger partial charge in [-0.3, -0.25) is 0 Å². The van der Waals surface area contributed by atoms with Gasteiger partial charge >= 0.3 is 5.69 Å². The standard InChI is InChI=1S/C15H17N5O/c16-10-11-5-4-6-12(9-11)20-13(18-19-14(20)21)15(17)7-2-1-3-8-15/h4-6,9H,1-3,7-8,17H2,(H,19,21). The van der Waals surface area contributed by atoms with Crippen LogP contribution in [0.15, 0.2) is 29.1 Å². The highest BCUT2D eigenvalue weighted by molar-refractivity contribution is 5.42. The summed E-state index contributed by atoms with van der Waals surface area (Å²) < 4.78 is 1.49. The SMILES string of the molecule is N#Cc1cccc(-n2c(C3(N)CCCCC3)n[nH]c2=O)c1. The van der Waals surface area contributed by atoms with Crippen LogP contribution in [0, 0.1) is 11.3 Å². The van der Waals surface area contributed by atoms with Crippen LogP contribution in [0.3, 0.4) is 0 Å². The Morgan fingerprint density at radius 1 is 1.33 bits per heavy atom. The summed E-state index contributed by atoms with van der Waals surface area (Å²) in [5.74, 6) is 0.558. The van der Waals surface area contributed by atoms with Crippen LogP contribution in [-0.4, -0.2) is 14.8 Å². The fourth-order valence-electron chi connectivity index (χ4n) is 2.99. The Balaban J connectivity index is 2.13. The molecule has 3 rings (SSSR count). The van der Waals surface area contributed by atoms with E-state index in [1.807, 2.05) is 0 Å². The number of rotatable bonds is 2. The number of nitrogens with zero attached hydrogens (tertiary/aromatic N) is 3. The predicted octanol–water partition coefficient (Wildman–Crippen LogP) is 1.55. The highest BCUT2D eigenvalue weighted by atomic mass is 16.1. The number of nitriles is 1. The van der Waals surface area contributed by atoms with Crippen molar-refractivity contribution < 1.29 is 0 Å². The number of aromatic nitrogens is 3. The lowest BCUT2D eigenvalue weighted by atomic mass is 9.82. The molecule has 0 unspecified atom stereocenters. The lowest BCUT2D eigenvalue weighted by molar-refractivity contribution is 0.283. The van der Waals surface area contributed by atoms with Crippen LogP contribution >= 0.6 is 0 Å². The van der Waals surface area contributed by atoms with E-state index in [9.17, 15) is 4.79 Å². The van der Waals surface area contributed by atoms with E-state index >= 15 is 0 Å². The molecule has 1 aliphatic carbocycles. The third-order valence-electron chi connectivity index (χ3n) is 4.10. The number of nitrogens with two attached hydrogens (primary N) is 1. The first-order valence-electron chi connectivity index (χ1n) is 7.11. The largest absolute Gasteiger partial charge is 0.347 e. The molecular formula is C15H17N5O.